The van der Waals surface area contributed by atoms with Crippen molar-refractivity contribution in [2.24, 2.45) is 28.6 Å². The fourth-order valence-electron chi connectivity index (χ4n) is 7.23. The number of hydrogen-bond acceptors (Lipinski definition) is 2. The molecule has 1 saturated heterocycles. The van der Waals surface area contributed by atoms with Crippen LogP contribution in [-0.4, -0.2) is 23.4 Å². The first-order chi connectivity index (χ1) is 11.0. The van der Waals surface area contributed by atoms with Crippen LogP contribution in [0.15, 0.2) is 23.8 Å². The van der Waals surface area contributed by atoms with E-state index >= 15 is 0 Å². The second-order valence-corrected chi connectivity index (χ2v) is 9.38. The van der Waals surface area contributed by atoms with E-state index in [1.54, 1.807) is 0 Å². The van der Waals surface area contributed by atoms with Crippen LogP contribution in [0.3, 0.4) is 0 Å². The first-order valence-corrected chi connectivity index (χ1v) is 9.71. The number of aliphatic hydroxyl groups excluding tert-OH is 1. The van der Waals surface area contributed by atoms with E-state index < -0.39 is 0 Å². The number of rotatable bonds is 0. The van der Waals surface area contributed by atoms with Gasteiger partial charge in [-0.15, -0.1) is 0 Å². The number of hydrogen-bond donors (Lipinski definition) is 1. The fourth-order valence-corrected chi connectivity index (χ4v) is 7.23. The molecule has 0 bridgehead atoms. The molecule has 1 N–H and O–H groups in total. The second-order valence-electron chi connectivity index (χ2n) is 9.38. The Hall–Kier alpha value is -0.600. The first kappa shape index (κ1) is 14.7. The van der Waals surface area contributed by atoms with Gasteiger partial charge in [0.2, 0.25) is 0 Å². The van der Waals surface area contributed by atoms with Crippen molar-refractivity contribution in [2.75, 3.05) is 6.61 Å². The molecule has 0 radical (unpaired) electrons. The molecule has 7 atom stereocenters. The van der Waals surface area contributed by atoms with Crippen molar-refractivity contribution in [2.45, 2.75) is 70.5 Å². The van der Waals surface area contributed by atoms with Gasteiger partial charge in [0.1, 0.15) is 0 Å². The van der Waals surface area contributed by atoms with Crippen LogP contribution in [-0.2, 0) is 4.74 Å². The van der Waals surface area contributed by atoms with E-state index in [1.165, 1.54) is 37.7 Å². The van der Waals surface area contributed by atoms with Crippen molar-refractivity contribution in [1.29, 1.82) is 0 Å². The summed E-state index contributed by atoms with van der Waals surface area (Å²) in [6, 6.07) is 0. The molecule has 23 heavy (non-hydrogen) atoms. The van der Waals surface area contributed by atoms with Crippen molar-refractivity contribution < 1.29 is 9.84 Å². The molecular weight excluding hydrogens is 284 g/mol. The minimum atomic E-state index is -0.230. The molecule has 0 amide bonds. The van der Waals surface area contributed by atoms with Crippen molar-refractivity contribution in [3.05, 3.63) is 23.8 Å². The van der Waals surface area contributed by atoms with Gasteiger partial charge in [-0.3, -0.25) is 0 Å². The van der Waals surface area contributed by atoms with Gasteiger partial charge in [0, 0.05) is 11.8 Å². The Morgan fingerprint density at radius 1 is 1.04 bits per heavy atom. The van der Waals surface area contributed by atoms with Crippen molar-refractivity contribution in [3.63, 3.8) is 0 Å². The van der Waals surface area contributed by atoms with Gasteiger partial charge in [-0.2, -0.15) is 0 Å². The summed E-state index contributed by atoms with van der Waals surface area (Å²) in [6.45, 7) is 5.99. The highest BCUT2D eigenvalue weighted by Gasteiger charge is 2.66. The average molecular weight is 314 g/mol. The molecule has 1 spiro atoms. The lowest BCUT2D eigenvalue weighted by molar-refractivity contribution is -0.223. The second kappa shape index (κ2) is 4.52. The van der Waals surface area contributed by atoms with Gasteiger partial charge in [0.15, 0.2) is 0 Å². The molecule has 5 aliphatic rings. The van der Waals surface area contributed by atoms with E-state index in [4.69, 9.17) is 4.74 Å². The van der Waals surface area contributed by atoms with Crippen LogP contribution >= 0.6 is 0 Å². The molecule has 0 aromatic rings. The van der Waals surface area contributed by atoms with Gasteiger partial charge >= 0.3 is 0 Å². The van der Waals surface area contributed by atoms with Crippen molar-refractivity contribution in [3.8, 4) is 0 Å². The summed E-state index contributed by atoms with van der Waals surface area (Å²) in [7, 11) is 0. The molecule has 1 heterocycles. The SMILES string of the molecule is C[C@]12CC[C@@H](O)C=C1C=C[C@H]1[C@H]2CC[C@@]2(C)[C@H]1CC[C@@]21CCO1. The molecule has 0 aromatic heterocycles. The molecule has 3 fully saturated rings. The minimum Gasteiger partial charge on any atom is -0.389 e. The van der Waals surface area contributed by atoms with Crippen LogP contribution in [0, 0.1) is 28.6 Å². The quantitative estimate of drug-likeness (QED) is 0.724. The van der Waals surface area contributed by atoms with Gasteiger partial charge in [-0.05, 0) is 67.3 Å². The van der Waals surface area contributed by atoms with Crippen LogP contribution in [0.5, 0.6) is 0 Å². The summed E-state index contributed by atoms with van der Waals surface area (Å²) in [5, 5.41) is 10.0. The van der Waals surface area contributed by atoms with Crippen LogP contribution in [0.25, 0.3) is 0 Å². The lowest BCUT2D eigenvalue weighted by Gasteiger charge is -2.60. The van der Waals surface area contributed by atoms with Crippen molar-refractivity contribution in [1.82, 2.24) is 0 Å². The normalized spacial score (nSPS) is 57.3. The highest BCUT2D eigenvalue weighted by Crippen LogP contribution is 2.69. The number of aliphatic hydroxyl groups is 1. The zero-order chi connectivity index (χ0) is 15.9. The van der Waals surface area contributed by atoms with Crippen LogP contribution in [0.4, 0.5) is 0 Å². The first-order valence-electron chi connectivity index (χ1n) is 9.71. The Bertz CT molecular complexity index is 587. The third kappa shape index (κ3) is 1.67. The van der Waals surface area contributed by atoms with Gasteiger partial charge < -0.3 is 9.84 Å². The molecule has 2 heteroatoms. The zero-order valence-electron chi connectivity index (χ0n) is 14.6. The van der Waals surface area contributed by atoms with E-state index in [2.05, 4.69) is 32.1 Å². The van der Waals surface area contributed by atoms with Crippen molar-refractivity contribution >= 4 is 0 Å². The number of allylic oxidation sites excluding steroid dienone is 3. The van der Waals surface area contributed by atoms with Crippen LogP contribution in [0.1, 0.15) is 58.8 Å². The van der Waals surface area contributed by atoms with Gasteiger partial charge in [0.05, 0.1) is 18.3 Å². The lowest BCUT2D eigenvalue weighted by Crippen LogP contribution is -2.58. The average Bonchev–Trinajstić information content (AvgIpc) is 2.81. The maximum absolute atomic E-state index is 10.0. The molecule has 2 saturated carbocycles. The third-order valence-electron chi connectivity index (χ3n) is 8.81. The third-order valence-corrected chi connectivity index (χ3v) is 8.81. The predicted molar refractivity (Wildman–Crippen MR) is 90.9 cm³/mol. The molecular formula is C21H30O2. The fraction of sp³-hybridized carbons (Fsp3) is 0.810. The summed E-state index contributed by atoms with van der Waals surface area (Å²) < 4.78 is 6.21. The molecule has 1 aliphatic heterocycles. The van der Waals surface area contributed by atoms with E-state index in [-0.39, 0.29) is 17.1 Å². The summed E-state index contributed by atoms with van der Waals surface area (Å²) >= 11 is 0. The maximum atomic E-state index is 10.0. The highest BCUT2D eigenvalue weighted by molar-refractivity contribution is 5.36. The van der Waals surface area contributed by atoms with Gasteiger partial charge in [0.25, 0.3) is 0 Å². The Morgan fingerprint density at radius 3 is 2.57 bits per heavy atom. The number of ether oxygens (including phenoxy) is 1. The van der Waals surface area contributed by atoms with E-state index in [1.807, 2.05) is 0 Å². The summed E-state index contributed by atoms with van der Waals surface area (Å²) in [5.41, 5.74) is 2.31. The number of fused-ring (bicyclic) bond motifs is 6. The Labute approximate surface area is 140 Å². The Morgan fingerprint density at radius 2 is 1.83 bits per heavy atom. The van der Waals surface area contributed by atoms with E-state index in [0.717, 1.165) is 37.2 Å². The predicted octanol–water partition coefficient (Wildman–Crippen LogP) is 4.25. The molecule has 0 aromatic carbocycles. The van der Waals surface area contributed by atoms with E-state index in [0.29, 0.717) is 5.41 Å². The van der Waals surface area contributed by atoms with Gasteiger partial charge in [-0.25, -0.2) is 0 Å². The molecule has 5 rings (SSSR count). The maximum Gasteiger partial charge on any atom is 0.0760 e. The topological polar surface area (TPSA) is 29.5 Å². The standard InChI is InChI=1S/C21H30O2/c1-19-8-5-15(22)13-14(19)3-4-16-17(19)6-9-20(2)18(16)7-10-21(20)11-12-23-21/h3-4,13,15-18,22H,5-12H2,1-2H3/t15-,16+,17-,18+,19+,20+,21-/m1/s1. The van der Waals surface area contributed by atoms with E-state index in [9.17, 15) is 5.11 Å². The van der Waals surface area contributed by atoms with Crippen LogP contribution in [0.2, 0.25) is 0 Å². The molecule has 126 valence electrons. The Kier molecular flexibility index (Phi) is 2.89. The molecule has 4 aliphatic carbocycles. The van der Waals surface area contributed by atoms with Crippen LogP contribution < -0.4 is 0 Å². The highest BCUT2D eigenvalue weighted by atomic mass is 16.5. The monoisotopic (exact) mass is 314 g/mol. The largest absolute Gasteiger partial charge is 0.389 e. The van der Waals surface area contributed by atoms with Gasteiger partial charge in [-0.1, -0.05) is 32.1 Å². The summed E-state index contributed by atoms with van der Waals surface area (Å²) in [6.07, 6.45) is 15.4. The summed E-state index contributed by atoms with van der Waals surface area (Å²) in [4.78, 5) is 0. The minimum absolute atomic E-state index is 0.219. The lowest BCUT2D eigenvalue weighted by atomic mass is 9.47. The smallest absolute Gasteiger partial charge is 0.0760 e. The molecule has 0 unspecified atom stereocenters. The Balaban J connectivity index is 1.54. The zero-order valence-corrected chi connectivity index (χ0v) is 14.6. The molecule has 2 nitrogen and oxygen atoms in total. The summed E-state index contributed by atoms with van der Waals surface area (Å²) in [5.74, 6) is 2.28.